The van der Waals surface area contributed by atoms with E-state index in [1.165, 1.54) is 30.7 Å². The predicted molar refractivity (Wildman–Crippen MR) is 85.9 cm³/mol. The molecule has 0 aromatic heterocycles. The number of ether oxygens (including phenoxy) is 1. The lowest BCUT2D eigenvalue weighted by molar-refractivity contribution is -0.148. The molecule has 1 aliphatic rings. The normalized spacial score (nSPS) is 14.9. The van der Waals surface area contributed by atoms with Crippen LogP contribution in [0.4, 0.5) is 4.39 Å². The molecule has 0 unspecified atom stereocenters. The van der Waals surface area contributed by atoms with Crippen LogP contribution in [-0.4, -0.2) is 30.3 Å². The van der Waals surface area contributed by atoms with E-state index in [-0.39, 0.29) is 37.2 Å². The van der Waals surface area contributed by atoms with Gasteiger partial charge in [-0.1, -0.05) is 19.3 Å². The fraction of sp³-hybridized carbons (Fsp3) is 0.500. The zero-order valence-corrected chi connectivity index (χ0v) is 13.6. The van der Waals surface area contributed by atoms with Crippen LogP contribution < -0.4 is 5.32 Å². The summed E-state index contributed by atoms with van der Waals surface area (Å²) < 4.78 is 17.7. The highest BCUT2D eigenvalue weighted by Crippen LogP contribution is 2.17. The molecule has 1 aliphatic carbocycles. The molecule has 0 radical (unpaired) electrons. The van der Waals surface area contributed by atoms with Crippen LogP contribution in [0.3, 0.4) is 0 Å². The third-order valence-electron chi connectivity index (χ3n) is 4.06. The van der Waals surface area contributed by atoms with Crippen molar-refractivity contribution >= 4 is 17.7 Å². The predicted octanol–water partition coefficient (Wildman–Crippen LogP) is 2.78. The first-order chi connectivity index (χ1) is 11.5. The Morgan fingerprint density at radius 2 is 1.71 bits per heavy atom. The number of hydrogen-bond acceptors (Lipinski definition) is 4. The molecule has 0 bridgehead atoms. The Labute approximate surface area is 140 Å². The monoisotopic (exact) mass is 335 g/mol. The fourth-order valence-electron chi connectivity index (χ4n) is 2.73. The highest BCUT2D eigenvalue weighted by Gasteiger charge is 2.17. The molecular formula is C18H22FNO4. The van der Waals surface area contributed by atoms with E-state index in [0.29, 0.717) is 5.56 Å². The molecule has 1 saturated carbocycles. The minimum Gasteiger partial charge on any atom is -0.456 e. The molecule has 0 spiro atoms. The van der Waals surface area contributed by atoms with Crippen molar-refractivity contribution in [3.8, 4) is 0 Å². The number of esters is 1. The summed E-state index contributed by atoms with van der Waals surface area (Å²) in [5, 5.41) is 2.85. The molecule has 1 amide bonds. The van der Waals surface area contributed by atoms with Crippen molar-refractivity contribution in [1.82, 2.24) is 5.32 Å². The standard InChI is InChI=1S/C18H22FNO4/c19-14-8-6-13(7-9-14)16(21)10-11-18(23)24-12-17(22)20-15-4-2-1-3-5-15/h6-9,15H,1-5,10-12H2,(H,20,22). The molecule has 5 nitrogen and oxygen atoms in total. The molecular weight excluding hydrogens is 313 g/mol. The van der Waals surface area contributed by atoms with Gasteiger partial charge in [0, 0.05) is 18.0 Å². The van der Waals surface area contributed by atoms with Gasteiger partial charge in [0.05, 0.1) is 6.42 Å². The van der Waals surface area contributed by atoms with Crippen LogP contribution in [-0.2, 0) is 14.3 Å². The van der Waals surface area contributed by atoms with Gasteiger partial charge in [-0.15, -0.1) is 0 Å². The summed E-state index contributed by atoms with van der Waals surface area (Å²) in [5.74, 6) is -1.59. The maximum atomic E-state index is 12.8. The topological polar surface area (TPSA) is 72.5 Å². The Balaban J connectivity index is 1.64. The Bertz CT molecular complexity index is 579. The van der Waals surface area contributed by atoms with E-state index in [4.69, 9.17) is 4.74 Å². The van der Waals surface area contributed by atoms with Crippen molar-refractivity contribution < 1.29 is 23.5 Å². The second kappa shape index (κ2) is 9.15. The molecule has 1 fully saturated rings. The van der Waals surface area contributed by atoms with E-state index in [9.17, 15) is 18.8 Å². The maximum Gasteiger partial charge on any atom is 0.306 e. The Kier molecular flexibility index (Phi) is 6.90. The molecule has 24 heavy (non-hydrogen) atoms. The molecule has 0 saturated heterocycles. The lowest BCUT2D eigenvalue weighted by atomic mass is 9.95. The smallest absolute Gasteiger partial charge is 0.306 e. The highest BCUT2D eigenvalue weighted by atomic mass is 19.1. The SMILES string of the molecule is O=C(COC(=O)CCC(=O)c1ccc(F)cc1)NC1CCCCC1. The molecule has 0 heterocycles. The van der Waals surface area contributed by atoms with Gasteiger partial charge >= 0.3 is 5.97 Å². The van der Waals surface area contributed by atoms with Crippen LogP contribution in [0, 0.1) is 5.82 Å². The third-order valence-corrected chi connectivity index (χ3v) is 4.06. The second-order valence-electron chi connectivity index (χ2n) is 5.99. The lowest BCUT2D eigenvalue weighted by Gasteiger charge is -2.22. The molecule has 0 aliphatic heterocycles. The average molecular weight is 335 g/mol. The van der Waals surface area contributed by atoms with Gasteiger partial charge < -0.3 is 10.1 Å². The summed E-state index contributed by atoms with van der Waals surface area (Å²) in [5.41, 5.74) is 0.347. The summed E-state index contributed by atoms with van der Waals surface area (Å²) in [6.45, 7) is -0.319. The summed E-state index contributed by atoms with van der Waals surface area (Å²) in [4.78, 5) is 35.2. The minimum atomic E-state index is -0.593. The number of carbonyl (C=O) groups is 3. The van der Waals surface area contributed by atoms with E-state index in [1.807, 2.05) is 0 Å². The van der Waals surface area contributed by atoms with Gasteiger partial charge in [0.15, 0.2) is 12.4 Å². The van der Waals surface area contributed by atoms with E-state index in [1.54, 1.807) is 0 Å². The van der Waals surface area contributed by atoms with Crippen LogP contribution in [0.2, 0.25) is 0 Å². The maximum absolute atomic E-state index is 12.8. The molecule has 130 valence electrons. The van der Waals surface area contributed by atoms with Crippen molar-refractivity contribution in [2.45, 2.75) is 51.0 Å². The first kappa shape index (κ1) is 18.1. The number of halogens is 1. The summed E-state index contributed by atoms with van der Waals surface area (Å²) in [7, 11) is 0. The van der Waals surface area contributed by atoms with Crippen molar-refractivity contribution in [3.63, 3.8) is 0 Å². The first-order valence-electron chi connectivity index (χ1n) is 8.28. The fourth-order valence-corrected chi connectivity index (χ4v) is 2.73. The minimum absolute atomic E-state index is 0.0330. The van der Waals surface area contributed by atoms with E-state index >= 15 is 0 Å². The number of rotatable bonds is 7. The summed E-state index contributed by atoms with van der Waals surface area (Å²) >= 11 is 0. The van der Waals surface area contributed by atoms with Gasteiger partial charge in [0.25, 0.3) is 5.91 Å². The summed E-state index contributed by atoms with van der Waals surface area (Å²) in [6, 6.07) is 5.31. The van der Waals surface area contributed by atoms with Gasteiger partial charge in [0.2, 0.25) is 0 Å². The summed E-state index contributed by atoms with van der Waals surface area (Å²) in [6.07, 6.45) is 5.20. The number of nitrogens with one attached hydrogen (secondary N) is 1. The lowest BCUT2D eigenvalue weighted by Crippen LogP contribution is -2.38. The van der Waals surface area contributed by atoms with Crippen molar-refractivity contribution in [3.05, 3.63) is 35.6 Å². The molecule has 0 atom stereocenters. The van der Waals surface area contributed by atoms with Gasteiger partial charge in [-0.2, -0.15) is 0 Å². The zero-order chi connectivity index (χ0) is 17.4. The van der Waals surface area contributed by atoms with E-state index < -0.39 is 11.8 Å². The number of amides is 1. The average Bonchev–Trinajstić information content (AvgIpc) is 2.59. The molecule has 6 heteroatoms. The van der Waals surface area contributed by atoms with Crippen LogP contribution in [0.25, 0.3) is 0 Å². The molecule has 1 N–H and O–H groups in total. The van der Waals surface area contributed by atoms with Crippen LogP contribution in [0.5, 0.6) is 0 Å². The third kappa shape index (κ3) is 6.10. The van der Waals surface area contributed by atoms with Gasteiger partial charge in [0.1, 0.15) is 5.82 Å². The van der Waals surface area contributed by atoms with Gasteiger partial charge in [-0.05, 0) is 37.1 Å². The molecule has 1 aromatic rings. The number of benzene rings is 1. The van der Waals surface area contributed by atoms with Crippen molar-refractivity contribution in [2.24, 2.45) is 0 Å². The molecule has 1 aromatic carbocycles. The number of Topliss-reactive ketones (excluding diaryl/α,β-unsaturated/α-hetero) is 1. The largest absolute Gasteiger partial charge is 0.456 e. The van der Waals surface area contributed by atoms with E-state index in [2.05, 4.69) is 5.32 Å². The van der Waals surface area contributed by atoms with Gasteiger partial charge in [-0.25, -0.2) is 4.39 Å². The van der Waals surface area contributed by atoms with E-state index in [0.717, 1.165) is 25.7 Å². The highest BCUT2D eigenvalue weighted by molar-refractivity contribution is 5.97. The number of hydrogen-bond donors (Lipinski definition) is 1. The van der Waals surface area contributed by atoms with Crippen LogP contribution in [0.1, 0.15) is 55.3 Å². The Morgan fingerprint density at radius 3 is 2.38 bits per heavy atom. The number of ketones is 1. The van der Waals surface area contributed by atoms with Gasteiger partial charge in [-0.3, -0.25) is 14.4 Å². The zero-order valence-electron chi connectivity index (χ0n) is 13.6. The molecule has 2 rings (SSSR count). The van der Waals surface area contributed by atoms with Crippen molar-refractivity contribution in [1.29, 1.82) is 0 Å². The second-order valence-corrected chi connectivity index (χ2v) is 5.99. The number of carbonyl (C=O) groups excluding carboxylic acids is 3. The van der Waals surface area contributed by atoms with Crippen LogP contribution >= 0.6 is 0 Å². The quantitative estimate of drug-likeness (QED) is 0.614. The Morgan fingerprint density at radius 1 is 1.04 bits per heavy atom. The first-order valence-corrected chi connectivity index (χ1v) is 8.28. The van der Waals surface area contributed by atoms with Crippen LogP contribution in [0.15, 0.2) is 24.3 Å². The van der Waals surface area contributed by atoms with Crippen molar-refractivity contribution in [2.75, 3.05) is 6.61 Å². The Hall–Kier alpha value is -2.24.